The van der Waals surface area contributed by atoms with Crippen molar-refractivity contribution in [2.24, 2.45) is 0 Å². The number of rotatable bonds is 11. The van der Waals surface area contributed by atoms with Crippen molar-refractivity contribution in [2.45, 2.75) is 51.7 Å². The maximum Gasteiger partial charge on any atom is 0.408 e. The summed E-state index contributed by atoms with van der Waals surface area (Å²) in [6, 6.07) is 10.7. The number of methoxy groups -OCH3 is 1. The molecule has 2 rings (SSSR count). The molecule has 2 aromatic rings. The molecule has 2 amide bonds. The molecule has 196 valence electrons. The summed E-state index contributed by atoms with van der Waals surface area (Å²) in [6.07, 6.45) is 0.735. The summed E-state index contributed by atoms with van der Waals surface area (Å²) in [4.78, 5) is 37.0. The number of phenols is 1. The zero-order chi connectivity index (χ0) is 26.7. The van der Waals surface area contributed by atoms with E-state index in [4.69, 9.17) is 15.2 Å². The molecule has 0 aliphatic rings. The molecule has 0 saturated carbocycles. The molecule has 0 fully saturated rings. The number of carbonyl (C=O) groups excluding carboxylic acids is 3. The Balaban J connectivity index is 1.88. The molecule has 0 spiro atoms. The molecule has 0 unspecified atom stereocenters. The molecule has 10 heteroatoms. The molecule has 0 heterocycles. The Morgan fingerprint density at radius 1 is 1.06 bits per heavy atom. The Labute approximate surface area is 211 Å². The maximum absolute atomic E-state index is 12.8. The first kappa shape index (κ1) is 28.3. The van der Waals surface area contributed by atoms with Crippen molar-refractivity contribution in [3.05, 3.63) is 53.6 Å². The summed E-state index contributed by atoms with van der Waals surface area (Å²) in [6.45, 7) is 5.84. The maximum atomic E-state index is 12.8. The van der Waals surface area contributed by atoms with Crippen LogP contribution in [0.4, 0.5) is 10.5 Å². The molecule has 0 saturated heterocycles. The van der Waals surface area contributed by atoms with E-state index in [1.807, 2.05) is 0 Å². The lowest BCUT2D eigenvalue weighted by Gasteiger charge is -2.23. The molecule has 0 bridgehead atoms. The van der Waals surface area contributed by atoms with Gasteiger partial charge in [-0.05, 0) is 63.4 Å². The Morgan fingerprint density at radius 2 is 1.75 bits per heavy atom. The second-order valence-corrected chi connectivity index (χ2v) is 9.13. The van der Waals surface area contributed by atoms with E-state index in [1.165, 1.54) is 13.2 Å². The normalized spacial score (nSPS) is 11.8. The molecular formula is C26H35N3O7. The van der Waals surface area contributed by atoms with Gasteiger partial charge in [0.05, 0.1) is 13.7 Å². The number of amides is 2. The summed E-state index contributed by atoms with van der Waals surface area (Å²) in [7, 11) is 1.22. The minimum absolute atomic E-state index is 0.0352. The van der Waals surface area contributed by atoms with Gasteiger partial charge in [-0.15, -0.1) is 0 Å². The number of phenolic OH excluding ortho intramolecular Hbond substituents is 1. The number of anilines is 1. The van der Waals surface area contributed by atoms with E-state index in [-0.39, 0.29) is 36.0 Å². The van der Waals surface area contributed by atoms with Gasteiger partial charge in [0, 0.05) is 18.7 Å². The number of ether oxygens (including phenoxy) is 3. The van der Waals surface area contributed by atoms with Gasteiger partial charge in [-0.3, -0.25) is 4.79 Å². The molecule has 0 aromatic heterocycles. The van der Waals surface area contributed by atoms with Crippen molar-refractivity contribution in [2.75, 3.05) is 26.0 Å². The van der Waals surface area contributed by atoms with Crippen LogP contribution < -0.4 is 21.1 Å². The lowest BCUT2D eigenvalue weighted by atomic mass is 10.0. The van der Waals surface area contributed by atoms with Gasteiger partial charge in [-0.1, -0.05) is 18.2 Å². The van der Waals surface area contributed by atoms with Gasteiger partial charge in [0.1, 0.15) is 28.7 Å². The highest BCUT2D eigenvalue weighted by Crippen LogP contribution is 2.28. The lowest BCUT2D eigenvalue weighted by molar-refractivity contribution is -0.123. The monoisotopic (exact) mass is 501 g/mol. The third kappa shape index (κ3) is 9.36. The number of nitrogen functional groups attached to an aromatic ring is 1. The Morgan fingerprint density at radius 3 is 2.39 bits per heavy atom. The van der Waals surface area contributed by atoms with Crippen LogP contribution >= 0.6 is 0 Å². The number of unbranched alkanes of at least 4 members (excludes halogenated alkanes) is 1. The third-order valence-corrected chi connectivity index (χ3v) is 4.95. The van der Waals surface area contributed by atoms with E-state index >= 15 is 0 Å². The van der Waals surface area contributed by atoms with Crippen LogP contribution in [0.5, 0.6) is 11.5 Å². The van der Waals surface area contributed by atoms with E-state index < -0.39 is 23.7 Å². The van der Waals surface area contributed by atoms with Crippen molar-refractivity contribution in [1.82, 2.24) is 10.6 Å². The average Bonchev–Trinajstić information content (AvgIpc) is 2.80. The van der Waals surface area contributed by atoms with Gasteiger partial charge in [-0.25, -0.2) is 9.59 Å². The first-order valence-corrected chi connectivity index (χ1v) is 11.6. The number of aromatic hydroxyl groups is 1. The number of hydrogen-bond acceptors (Lipinski definition) is 8. The number of nitrogens with one attached hydrogen (secondary N) is 2. The summed E-state index contributed by atoms with van der Waals surface area (Å²) in [5.74, 6) is -1.05. The predicted octanol–water partition coefficient (Wildman–Crippen LogP) is 3.17. The van der Waals surface area contributed by atoms with E-state index in [0.717, 1.165) is 5.56 Å². The fraction of sp³-hybridized carbons (Fsp3) is 0.423. The number of nitrogens with two attached hydrogens (primary N) is 1. The molecule has 36 heavy (non-hydrogen) atoms. The number of alkyl carbamates (subject to hydrolysis) is 1. The van der Waals surface area contributed by atoms with Crippen molar-refractivity contribution in [3.63, 3.8) is 0 Å². The molecule has 0 aliphatic carbocycles. The topological polar surface area (TPSA) is 149 Å². The van der Waals surface area contributed by atoms with Crippen LogP contribution in [-0.2, 0) is 20.7 Å². The van der Waals surface area contributed by atoms with Gasteiger partial charge < -0.3 is 35.7 Å². The first-order chi connectivity index (χ1) is 17.0. The van der Waals surface area contributed by atoms with Crippen LogP contribution in [0.25, 0.3) is 0 Å². The highest BCUT2D eigenvalue weighted by Gasteiger charge is 2.24. The molecule has 0 radical (unpaired) electrons. The second-order valence-electron chi connectivity index (χ2n) is 9.13. The number of hydrogen-bond donors (Lipinski definition) is 4. The van der Waals surface area contributed by atoms with Gasteiger partial charge in [-0.2, -0.15) is 0 Å². The van der Waals surface area contributed by atoms with Crippen LogP contribution in [0.2, 0.25) is 0 Å². The lowest BCUT2D eigenvalue weighted by Crippen LogP contribution is -2.49. The van der Waals surface area contributed by atoms with E-state index in [9.17, 15) is 19.5 Å². The number of benzene rings is 2. The van der Waals surface area contributed by atoms with E-state index in [1.54, 1.807) is 57.2 Å². The van der Waals surface area contributed by atoms with E-state index in [0.29, 0.717) is 25.1 Å². The van der Waals surface area contributed by atoms with Crippen molar-refractivity contribution in [1.29, 1.82) is 0 Å². The second kappa shape index (κ2) is 13.2. The third-order valence-electron chi connectivity index (χ3n) is 4.95. The summed E-state index contributed by atoms with van der Waals surface area (Å²) in [5.41, 5.74) is 6.44. The number of carbonyl (C=O) groups is 3. The van der Waals surface area contributed by atoms with Crippen LogP contribution in [0.3, 0.4) is 0 Å². The molecule has 10 nitrogen and oxygen atoms in total. The van der Waals surface area contributed by atoms with Crippen LogP contribution in [0.15, 0.2) is 42.5 Å². The highest BCUT2D eigenvalue weighted by atomic mass is 16.6. The van der Waals surface area contributed by atoms with Crippen LogP contribution in [0, 0.1) is 0 Å². The summed E-state index contributed by atoms with van der Waals surface area (Å²) >= 11 is 0. The largest absolute Gasteiger partial charge is 0.507 e. The molecular weight excluding hydrogens is 466 g/mol. The summed E-state index contributed by atoms with van der Waals surface area (Å²) in [5, 5.41) is 15.4. The standard InChI is InChI=1S/C26H35N3O7/c1-26(2,3)36-25(33)29-19(16-17-10-12-18(27)13-11-17)23(31)28-14-5-6-15-35-21-9-7-8-20(30)22(21)24(32)34-4/h7-13,19,30H,5-6,14-16,27H2,1-4H3,(H,28,31)(H,29,33)/t19-/m0/s1. The van der Waals surface area contributed by atoms with Crippen LogP contribution in [-0.4, -0.2) is 55.0 Å². The predicted molar refractivity (Wildman–Crippen MR) is 135 cm³/mol. The molecule has 1 atom stereocenters. The number of esters is 1. The average molecular weight is 502 g/mol. The SMILES string of the molecule is COC(=O)c1c(O)cccc1OCCCCNC(=O)[C@H](Cc1ccc(N)cc1)NC(=O)OC(C)(C)C. The van der Waals surface area contributed by atoms with Crippen molar-refractivity contribution in [3.8, 4) is 11.5 Å². The van der Waals surface area contributed by atoms with Gasteiger partial charge in [0.2, 0.25) is 5.91 Å². The van der Waals surface area contributed by atoms with Gasteiger partial charge >= 0.3 is 12.1 Å². The van der Waals surface area contributed by atoms with Crippen molar-refractivity contribution < 1.29 is 33.7 Å². The van der Waals surface area contributed by atoms with Gasteiger partial charge in [0.15, 0.2) is 0 Å². The minimum Gasteiger partial charge on any atom is -0.507 e. The fourth-order valence-corrected chi connectivity index (χ4v) is 3.24. The molecule has 5 N–H and O–H groups in total. The fourth-order valence-electron chi connectivity index (χ4n) is 3.24. The zero-order valence-electron chi connectivity index (χ0n) is 21.1. The Hall–Kier alpha value is -3.95. The molecule has 0 aliphatic heterocycles. The first-order valence-electron chi connectivity index (χ1n) is 11.6. The quantitative estimate of drug-likeness (QED) is 0.208. The molecule has 2 aromatic carbocycles. The smallest absolute Gasteiger partial charge is 0.408 e. The van der Waals surface area contributed by atoms with Crippen LogP contribution in [0.1, 0.15) is 49.5 Å². The van der Waals surface area contributed by atoms with Crippen molar-refractivity contribution >= 4 is 23.7 Å². The Bertz CT molecular complexity index is 1030. The summed E-state index contributed by atoms with van der Waals surface area (Å²) < 4.78 is 15.6. The van der Waals surface area contributed by atoms with Gasteiger partial charge in [0.25, 0.3) is 0 Å². The highest BCUT2D eigenvalue weighted by molar-refractivity contribution is 5.95. The zero-order valence-corrected chi connectivity index (χ0v) is 21.1. The Kier molecular flexibility index (Phi) is 10.4. The van der Waals surface area contributed by atoms with E-state index in [2.05, 4.69) is 15.4 Å². The minimum atomic E-state index is -0.838.